The van der Waals surface area contributed by atoms with Gasteiger partial charge in [0.1, 0.15) is 0 Å². The third-order valence-corrected chi connectivity index (χ3v) is 3.95. The molecule has 19 heavy (non-hydrogen) atoms. The van der Waals surface area contributed by atoms with E-state index in [0.29, 0.717) is 5.56 Å². The topological polar surface area (TPSA) is 118 Å². The molecule has 1 heterocycles. The van der Waals surface area contributed by atoms with Gasteiger partial charge in [-0.2, -0.15) is 5.10 Å². The van der Waals surface area contributed by atoms with Crippen LogP contribution in [0.1, 0.15) is 5.56 Å². The van der Waals surface area contributed by atoms with E-state index >= 15 is 0 Å². The van der Waals surface area contributed by atoms with Crippen molar-refractivity contribution in [2.24, 2.45) is 0 Å². The van der Waals surface area contributed by atoms with E-state index in [1.165, 1.54) is 31.5 Å². The van der Waals surface area contributed by atoms with Crippen LogP contribution in [-0.4, -0.2) is 23.5 Å². The van der Waals surface area contributed by atoms with E-state index in [2.05, 4.69) is 14.9 Å². The molecule has 0 saturated carbocycles. The Kier molecular flexibility index (Phi) is 3.21. The van der Waals surface area contributed by atoms with E-state index in [1.807, 2.05) is 0 Å². The first kappa shape index (κ1) is 13.0. The predicted octanol–water partition coefficient (Wildman–Crippen LogP) is 1.43. The molecule has 0 saturated heterocycles. The molecule has 0 bridgehead atoms. The van der Waals surface area contributed by atoms with Crippen LogP contribution in [0.3, 0.4) is 0 Å². The number of nitrogens with zero attached hydrogens (tertiary/aromatic N) is 2. The molecular formula is C10H10N4O4S. The zero-order valence-electron chi connectivity index (χ0n) is 9.82. The van der Waals surface area contributed by atoms with Crippen LogP contribution in [0.4, 0.5) is 11.4 Å². The van der Waals surface area contributed by atoms with Gasteiger partial charge in [-0.15, -0.1) is 0 Å². The first-order chi connectivity index (χ1) is 8.90. The van der Waals surface area contributed by atoms with Gasteiger partial charge in [-0.3, -0.25) is 19.9 Å². The van der Waals surface area contributed by atoms with Crippen molar-refractivity contribution < 1.29 is 13.3 Å². The Balaban J connectivity index is 2.38. The molecule has 2 rings (SSSR count). The van der Waals surface area contributed by atoms with Crippen molar-refractivity contribution in [2.75, 3.05) is 4.72 Å². The molecule has 0 aliphatic carbocycles. The maximum Gasteiger partial charge on any atom is 0.269 e. The predicted molar refractivity (Wildman–Crippen MR) is 67.2 cm³/mol. The quantitative estimate of drug-likeness (QED) is 0.649. The van der Waals surface area contributed by atoms with Gasteiger partial charge < -0.3 is 0 Å². The van der Waals surface area contributed by atoms with E-state index in [-0.39, 0.29) is 16.3 Å². The molecule has 1 aromatic heterocycles. The average Bonchev–Trinajstić information content (AvgIpc) is 2.80. The number of sulfonamides is 1. The van der Waals surface area contributed by atoms with E-state index in [0.717, 1.165) is 6.07 Å². The van der Waals surface area contributed by atoms with Gasteiger partial charge in [0, 0.05) is 18.3 Å². The molecule has 0 amide bonds. The Labute approximate surface area is 108 Å². The van der Waals surface area contributed by atoms with E-state index in [4.69, 9.17) is 0 Å². The minimum Gasteiger partial charge on any atom is -0.284 e. The summed E-state index contributed by atoms with van der Waals surface area (Å²) in [6.45, 7) is 1.50. The number of non-ortho nitro benzene ring substituents is 1. The highest BCUT2D eigenvalue weighted by Crippen LogP contribution is 2.22. The number of aryl methyl sites for hydroxylation is 1. The van der Waals surface area contributed by atoms with Gasteiger partial charge in [-0.1, -0.05) is 0 Å². The third kappa shape index (κ3) is 2.71. The van der Waals surface area contributed by atoms with Gasteiger partial charge >= 0.3 is 0 Å². The monoisotopic (exact) mass is 282 g/mol. The largest absolute Gasteiger partial charge is 0.284 e. The molecule has 100 valence electrons. The van der Waals surface area contributed by atoms with Gasteiger partial charge in [0.25, 0.3) is 15.7 Å². The molecule has 8 nitrogen and oxygen atoms in total. The minimum absolute atomic E-state index is 0.0145. The number of nitrogens with one attached hydrogen (secondary N) is 2. The number of aromatic amines is 1. The Hall–Kier alpha value is -2.42. The zero-order valence-corrected chi connectivity index (χ0v) is 10.6. The highest BCUT2D eigenvalue weighted by molar-refractivity contribution is 7.92. The van der Waals surface area contributed by atoms with Crippen LogP contribution in [0.15, 0.2) is 35.5 Å². The molecule has 0 unspecified atom stereocenters. The number of hydrogen-bond donors (Lipinski definition) is 2. The van der Waals surface area contributed by atoms with Gasteiger partial charge in [0.15, 0.2) is 0 Å². The fourth-order valence-electron chi connectivity index (χ4n) is 1.57. The van der Waals surface area contributed by atoms with Crippen LogP contribution >= 0.6 is 0 Å². The summed E-state index contributed by atoms with van der Waals surface area (Å²) in [5.74, 6) is 0. The number of hydrogen-bond acceptors (Lipinski definition) is 5. The van der Waals surface area contributed by atoms with Crippen molar-refractivity contribution in [3.05, 3.63) is 46.3 Å². The van der Waals surface area contributed by atoms with Crippen molar-refractivity contribution in [1.29, 1.82) is 0 Å². The smallest absolute Gasteiger partial charge is 0.269 e. The van der Waals surface area contributed by atoms with Crippen LogP contribution in [0.5, 0.6) is 0 Å². The Bertz CT molecular complexity index is 709. The van der Waals surface area contributed by atoms with E-state index in [1.54, 1.807) is 0 Å². The fraction of sp³-hybridized carbons (Fsp3) is 0.100. The molecule has 0 radical (unpaired) electrons. The van der Waals surface area contributed by atoms with Crippen molar-refractivity contribution in [2.45, 2.75) is 11.8 Å². The molecule has 1 aromatic carbocycles. The second kappa shape index (κ2) is 4.69. The first-order valence-electron chi connectivity index (χ1n) is 5.17. The standard InChI is InChI=1S/C10H10N4O4S/c1-7-4-9(14(15)16)2-3-10(7)19(17,18)13-8-5-11-12-6-8/h2-6,13H,1H3,(H,11,12). The van der Waals surface area contributed by atoms with Crippen LogP contribution in [0.25, 0.3) is 0 Å². The van der Waals surface area contributed by atoms with E-state index in [9.17, 15) is 18.5 Å². The normalized spacial score (nSPS) is 11.2. The second-order valence-corrected chi connectivity index (χ2v) is 5.45. The molecule has 2 N–H and O–H groups in total. The zero-order chi connectivity index (χ0) is 14.0. The molecular weight excluding hydrogens is 272 g/mol. The van der Waals surface area contributed by atoms with Gasteiger partial charge in [-0.05, 0) is 18.6 Å². The van der Waals surface area contributed by atoms with Gasteiger partial charge in [0.2, 0.25) is 0 Å². The average molecular weight is 282 g/mol. The van der Waals surface area contributed by atoms with E-state index < -0.39 is 14.9 Å². The summed E-state index contributed by atoms with van der Waals surface area (Å²) in [5.41, 5.74) is 0.433. The number of benzene rings is 1. The van der Waals surface area contributed by atoms with Gasteiger partial charge in [0.05, 0.1) is 21.7 Å². The van der Waals surface area contributed by atoms with Crippen molar-refractivity contribution in [3.63, 3.8) is 0 Å². The van der Waals surface area contributed by atoms with Crippen LogP contribution in [0.2, 0.25) is 0 Å². The van der Waals surface area contributed by atoms with Gasteiger partial charge in [-0.25, -0.2) is 8.42 Å². The Morgan fingerprint density at radius 2 is 2.16 bits per heavy atom. The Morgan fingerprint density at radius 3 is 2.68 bits per heavy atom. The summed E-state index contributed by atoms with van der Waals surface area (Å²) in [6, 6.07) is 3.57. The number of H-pyrrole nitrogens is 1. The highest BCUT2D eigenvalue weighted by Gasteiger charge is 2.19. The van der Waals surface area contributed by atoms with Crippen molar-refractivity contribution in [1.82, 2.24) is 10.2 Å². The third-order valence-electron chi connectivity index (χ3n) is 2.41. The number of aromatic nitrogens is 2. The molecule has 9 heteroatoms. The molecule has 0 aliphatic rings. The number of nitro groups is 1. The Morgan fingerprint density at radius 1 is 1.42 bits per heavy atom. The minimum atomic E-state index is -3.79. The first-order valence-corrected chi connectivity index (χ1v) is 6.65. The number of anilines is 1. The number of rotatable bonds is 4. The summed E-state index contributed by atoms with van der Waals surface area (Å²) in [6.07, 6.45) is 2.70. The van der Waals surface area contributed by atoms with Crippen LogP contribution in [0, 0.1) is 17.0 Å². The maximum atomic E-state index is 12.1. The summed E-state index contributed by atoms with van der Waals surface area (Å²) >= 11 is 0. The SMILES string of the molecule is Cc1cc([N+](=O)[O-])ccc1S(=O)(=O)Nc1cn[nH]c1. The summed E-state index contributed by atoms with van der Waals surface area (Å²) in [7, 11) is -3.79. The lowest BCUT2D eigenvalue weighted by molar-refractivity contribution is -0.385. The number of nitro benzene ring substituents is 1. The molecule has 0 fully saturated rings. The molecule has 0 atom stereocenters. The summed E-state index contributed by atoms with van der Waals surface area (Å²) in [4.78, 5) is 10.0. The lowest BCUT2D eigenvalue weighted by atomic mass is 10.2. The highest BCUT2D eigenvalue weighted by atomic mass is 32.2. The molecule has 0 aliphatic heterocycles. The molecule has 2 aromatic rings. The van der Waals surface area contributed by atoms with Crippen LogP contribution in [-0.2, 0) is 10.0 Å². The lowest BCUT2D eigenvalue weighted by Crippen LogP contribution is -2.14. The molecule has 0 spiro atoms. The summed E-state index contributed by atoms with van der Waals surface area (Å²) < 4.78 is 26.5. The van der Waals surface area contributed by atoms with Crippen LogP contribution < -0.4 is 4.72 Å². The second-order valence-electron chi connectivity index (χ2n) is 3.80. The van der Waals surface area contributed by atoms with Crippen molar-refractivity contribution >= 4 is 21.4 Å². The maximum absolute atomic E-state index is 12.1. The summed E-state index contributed by atoms with van der Waals surface area (Å²) in [5, 5.41) is 16.7. The van der Waals surface area contributed by atoms with Crippen molar-refractivity contribution in [3.8, 4) is 0 Å². The fourth-order valence-corrected chi connectivity index (χ4v) is 2.83. The lowest BCUT2D eigenvalue weighted by Gasteiger charge is -2.08.